The molecule has 0 fully saturated rings. The van der Waals surface area contributed by atoms with Crippen LogP contribution in [0, 0.1) is 0 Å². The van der Waals surface area contributed by atoms with Gasteiger partial charge in [-0.05, 0) is 12.5 Å². The molecule has 0 aliphatic rings. The van der Waals surface area contributed by atoms with E-state index in [1.807, 2.05) is 6.92 Å². The number of aromatic nitrogens is 2. The minimum atomic E-state index is -2.57. The summed E-state index contributed by atoms with van der Waals surface area (Å²) in [6.07, 6.45) is 2.16. The Morgan fingerprint density at radius 2 is 2.38 bits per heavy atom. The average Bonchev–Trinajstić information content (AvgIpc) is 2.53. The fourth-order valence-corrected chi connectivity index (χ4v) is 0.884. The number of alkyl halides is 2. The van der Waals surface area contributed by atoms with E-state index >= 15 is 0 Å². The summed E-state index contributed by atoms with van der Waals surface area (Å²) in [7, 11) is 0. The van der Waals surface area contributed by atoms with E-state index in [-0.39, 0.29) is 0 Å². The number of nitrogens with zero attached hydrogens (tertiary/aromatic N) is 2. The van der Waals surface area contributed by atoms with Gasteiger partial charge in [0.25, 0.3) is 0 Å². The number of hydrogen-bond donors (Lipinski definition) is 0. The van der Waals surface area contributed by atoms with Crippen LogP contribution >= 0.6 is 0 Å². The molecule has 1 aromatic heterocycles. The van der Waals surface area contributed by atoms with Crippen molar-refractivity contribution in [2.45, 2.75) is 26.5 Å². The van der Waals surface area contributed by atoms with Crippen LogP contribution in [0.2, 0.25) is 0 Å². The summed E-state index contributed by atoms with van der Waals surface area (Å²) in [6, 6.07) is 1.53. The first kappa shape index (κ1) is 10.1. The van der Waals surface area contributed by atoms with Crippen molar-refractivity contribution < 1.29 is 13.5 Å². The maximum atomic E-state index is 12.0. The lowest BCUT2D eigenvalue weighted by molar-refractivity contribution is 0.0543. The topological polar surface area (TPSA) is 27.1 Å². The van der Waals surface area contributed by atoms with E-state index in [0.717, 1.165) is 6.42 Å². The zero-order valence-corrected chi connectivity index (χ0v) is 7.41. The lowest BCUT2D eigenvalue weighted by Gasteiger charge is -1.99. The Bertz CT molecular complexity index is 250. The van der Waals surface area contributed by atoms with Gasteiger partial charge in [0.1, 0.15) is 0 Å². The van der Waals surface area contributed by atoms with Crippen LogP contribution in [-0.2, 0) is 11.3 Å². The Labute approximate surface area is 75.3 Å². The molecule has 0 saturated carbocycles. The van der Waals surface area contributed by atoms with E-state index in [1.165, 1.54) is 12.3 Å². The predicted octanol–water partition coefficient (Wildman–Crippen LogP) is 2.20. The van der Waals surface area contributed by atoms with Gasteiger partial charge < -0.3 is 4.74 Å². The molecule has 0 bridgehead atoms. The molecule has 74 valence electrons. The molecule has 0 aromatic carbocycles. The first-order valence-corrected chi connectivity index (χ1v) is 4.14. The third-order valence-corrected chi connectivity index (χ3v) is 1.46. The van der Waals surface area contributed by atoms with E-state index in [0.29, 0.717) is 23.6 Å². The molecule has 13 heavy (non-hydrogen) atoms. The lowest BCUT2D eigenvalue weighted by atomic mass is 10.4. The standard InChI is InChI=1S/C8H12F2N2O/c1-2-5-13-6-7-3-4-12(11-7)8(9)10/h3-4,8H,2,5-6H2,1H3. The Kier molecular flexibility index (Phi) is 3.82. The van der Waals surface area contributed by atoms with Crippen molar-refractivity contribution in [1.29, 1.82) is 0 Å². The van der Waals surface area contributed by atoms with Crippen molar-refractivity contribution in [3.63, 3.8) is 0 Å². The Hall–Kier alpha value is -0.970. The zero-order valence-electron chi connectivity index (χ0n) is 7.41. The number of ether oxygens (including phenoxy) is 1. The Morgan fingerprint density at radius 1 is 1.62 bits per heavy atom. The zero-order chi connectivity index (χ0) is 9.68. The summed E-state index contributed by atoms with van der Waals surface area (Å²) in [5, 5.41) is 3.62. The fourth-order valence-electron chi connectivity index (χ4n) is 0.884. The largest absolute Gasteiger partial charge is 0.375 e. The highest BCUT2D eigenvalue weighted by Crippen LogP contribution is 2.09. The van der Waals surface area contributed by atoms with Crippen LogP contribution in [-0.4, -0.2) is 16.4 Å². The second kappa shape index (κ2) is 4.91. The van der Waals surface area contributed by atoms with Crippen molar-refractivity contribution in [3.05, 3.63) is 18.0 Å². The molecule has 0 amide bonds. The lowest BCUT2D eigenvalue weighted by Crippen LogP contribution is -2.00. The smallest absolute Gasteiger partial charge is 0.333 e. The van der Waals surface area contributed by atoms with Crippen molar-refractivity contribution in [2.75, 3.05) is 6.61 Å². The van der Waals surface area contributed by atoms with E-state index in [4.69, 9.17) is 4.74 Å². The molecule has 0 aliphatic carbocycles. The van der Waals surface area contributed by atoms with Crippen molar-refractivity contribution in [3.8, 4) is 0 Å². The van der Waals surface area contributed by atoms with Gasteiger partial charge in [0.15, 0.2) is 0 Å². The van der Waals surface area contributed by atoms with Crippen LogP contribution in [0.15, 0.2) is 12.3 Å². The average molecular weight is 190 g/mol. The molecule has 1 rings (SSSR count). The van der Waals surface area contributed by atoms with Gasteiger partial charge in [0.2, 0.25) is 0 Å². The minimum absolute atomic E-state index is 0.299. The van der Waals surface area contributed by atoms with Gasteiger partial charge in [-0.25, -0.2) is 4.68 Å². The van der Waals surface area contributed by atoms with E-state index in [1.54, 1.807) is 0 Å². The molecule has 0 spiro atoms. The quantitative estimate of drug-likeness (QED) is 0.665. The van der Waals surface area contributed by atoms with Gasteiger partial charge in [-0.1, -0.05) is 6.92 Å². The highest BCUT2D eigenvalue weighted by Gasteiger charge is 2.06. The van der Waals surface area contributed by atoms with Gasteiger partial charge >= 0.3 is 6.55 Å². The van der Waals surface area contributed by atoms with E-state index < -0.39 is 6.55 Å². The summed E-state index contributed by atoms with van der Waals surface area (Å²) in [4.78, 5) is 0. The second-order valence-corrected chi connectivity index (χ2v) is 2.62. The molecule has 3 nitrogen and oxygen atoms in total. The Morgan fingerprint density at radius 3 is 2.92 bits per heavy atom. The van der Waals surface area contributed by atoms with E-state index in [2.05, 4.69) is 5.10 Å². The molecule has 0 unspecified atom stereocenters. The van der Waals surface area contributed by atoms with Gasteiger partial charge in [-0.2, -0.15) is 13.9 Å². The van der Waals surface area contributed by atoms with Crippen molar-refractivity contribution >= 4 is 0 Å². The number of rotatable bonds is 5. The maximum absolute atomic E-state index is 12.0. The molecular weight excluding hydrogens is 178 g/mol. The summed E-state index contributed by atoms with van der Waals surface area (Å²) >= 11 is 0. The van der Waals surface area contributed by atoms with Gasteiger partial charge in [0.05, 0.1) is 12.3 Å². The maximum Gasteiger partial charge on any atom is 0.333 e. The van der Waals surface area contributed by atoms with Gasteiger partial charge in [0, 0.05) is 12.8 Å². The van der Waals surface area contributed by atoms with Crippen molar-refractivity contribution in [1.82, 2.24) is 9.78 Å². The minimum Gasteiger partial charge on any atom is -0.375 e. The SMILES string of the molecule is CCCOCc1ccn(C(F)F)n1. The molecule has 0 N–H and O–H groups in total. The normalized spacial score (nSPS) is 11.1. The molecule has 5 heteroatoms. The third kappa shape index (κ3) is 3.10. The molecule has 0 aliphatic heterocycles. The van der Waals surface area contributed by atoms with Crippen molar-refractivity contribution in [2.24, 2.45) is 0 Å². The summed E-state index contributed by atoms with van der Waals surface area (Å²) < 4.78 is 29.8. The highest BCUT2D eigenvalue weighted by molar-refractivity contribution is 4.96. The molecule has 1 heterocycles. The number of halogens is 2. The molecule has 0 radical (unpaired) electrons. The first-order valence-electron chi connectivity index (χ1n) is 4.14. The summed E-state index contributed by atoms with van der Waals surface area (Å²) in [5.74, 6) is 0. The van der Waals surface area contributed by atoms with Crippen LogP contribution in [0.1, 0.15) is 25.6 Å². The third-order valence-electron chi connectivity index (χ3n) is 1.46. The van der Waals surface area contributed by atoms with Crippen LogP contribution in [0.4, 0.5) is 8.78 Å². The highest BCUT2D eigenvalue weighted by atomic mass is 19.3. The first-order chi connectivity index (χ1) is 6.24. The monoisotopic (exact) mass is 190 g/mol. The molecule has 0 saturated heterocycles. The second-order valence-electron chi connectivity index (χ2n) is 2.62. The predicted molar refractivity (Wildman–Crippen MR) is 43.4 cm³/mol. The summed E-state index contributed by atoms with van der Waals surface area (Å²) in [5.41, 5.74) is 0.536. The Balaban J connectivity index is 2.40. The van der Waals surface area contributed by atoms with Crippen LogP contribution in [0.25, 0.3) is 0 Å². The number of hydrogen-bond acceptors (Lipinski definition) is 2. The van der Waals surface area contributed by atoms with Crippen LogP contribution in [0.3, 0.4) is 0 Å². The fraction of sp³-hybridized carbons (Fsp3) is 0.625. The van der Waals surface area contributed by atoms with Crippen LogP contribution in [0.5, 0.6) is 0 Å². The van der Waals surface area contributed by atoms with Gasteiger partial charge in [-0.3, -0.25) is 0 Å². The molecule has 1 aromatic rings. The molecular formula is C8H12F2N2O. The van der Waals surface area contributed by atoms with E-state index in [9.17, 15) is 8.78 Å². The summed E-state index contributed by atoms with van der Waals surface area (Å²) in [6.45, 7) is 0.340. The van der Waals surface area contributed by atoms with Gasteiger partial charge in [-0.15, -0.1) is 0 Å². The molecule has 0 atom stereocenters. The van der Waals surface area contributed by atoms with Crippen LogP contribution < -0.4 is 0 Å².